The molecule has 5 atom stereocenters. The van der Waals surface area contributed by atoms with Crippen LogP contribution in [0.1, 0.15) is 27.7 Å². The number of amides is 1. The van der Waals surface area contributed by atoms with Gasteiger partial charge in [-0.25, -0.2) is 0 Å². The Morgan fingerprint density at radius 3 is 2.03 bits per heavy atom. The minimum absolute atomic E-state index is 0.307. The van der Waals surface area contributed by atoms with Gasteiger partial charge in [-0.15, -0.1) is 0 Å². The van der Waals surface area contributed by atoms with E-state index in [0.717, 1.165) is 6.92 Å². The molecule has 2 rings (SSSR count). The lowest BCUT2D eigenvalue weighted by atomic mass is 9.96. The van der Waals surface area contributed by atoms with Crippen LogP contribution in [0.4, 0.5) is 0 Å². The van der Waals surface area contributed by atoms with Crippen LogP contribution >= 0.6 is 11.6 Å². The van der Waals surface area contributed by atoms with E-state index < -0.39 is 54.5 Å². The summed E-state index contributed by atoms with van der Waals surface area (Å²) in [6.45, 7) is 4.49. The SMILES string of the molecule is CC(=O)N[C@@H]1[C@@H](Oc2ccc(Cl)cc2)O[C@@H](COC(C)=O)[C@H](OC(C)=O)[C@H]1OC(C)=O. The van der Waals surface area contributed by atoms with Crippen LogP contribution in [0.25, 0.3) is 0 Å². The smallest absolute Gasteiger partial charge is 0.303 e. The Hall–Kier alpha value is -2.85. The fourth-order valence-corrected chi connectivity index (χ4v) is 3.16. The summed E-state index contributed by atoms with van der Waals surface area (Å²) >= 11 is 5.90. The zero-order valence-corrected chi connectivity index (χ0v) is 18.2. The van der Waals surface area contributed by atoms with Crippen molar-refractivity contribution < 1.29 is 42.9 Å². The second-order valence-corrected chi connectivity index (χ2v) is 7.23. The van der Waals surface area contributed by atoms with Gasteiger partial charge in [-0.05, 0) is 24.3 Å². The fraction of sp³-hybridized carbons (Fsp3) is 0.500. The number of benzene rings is 1. The predicted octanol–water partition coefficient (Wildman–Crippen LogP) is 1.37. The second-order valence-electron chi connectivity index (χ2n) is 6.79. The Kier molecular flexibility index (Phi) is 8.64. The maximum atomic E-state index is 11.9. The van der Waals surface area contributed by atoms with E-state index in [9.17, 15) is 19.2 Å². The third-order valence-corrected chi connectivity index (χ3v) is 4.39. The molecular weight excluding hydrogens is 434 g/mol. The highest BCUT2D eigenvalue weighted by molar-refractivity contribution is 6.30. The molecule has 0 spiro atoms. The molecular formula is C20H24ClNO9. The Labute approximate surface area is 184 Å². The van der Waals surface area contributed by atoms with Gasteiger partial charge in [0, 0.05) is 32.7 Å². The number of nitrogens with one attached hydrogen (secondary N) is 1. The molecule has 0 bridgehead atoms. The molecule has 31 heavy (non-hydrogen) atoms. The van der Waals surface area contributed by atoms with Crippen LogP contribution < -0.4 is 10.1 Å². The Bertz CT molecular complexity index is 813. The summed E-state index contributed by atoms with van der Waals surface area (Å²) in [7, 11) is 0. The zero-order chi connectivity index (χ0) is 23.1. The third-order valence-electron chi connectivity index (χ3n) is 4.14. The standard InChI is InChI=1S/C20H24ClNO9/c1-10(23)22-17-19(29-13(4)26)18(28-12(3)25)16(9-27-11(2)24)31-20(17)30-15-7-5-14(21)6-8-15/h5-8,16-20H,9H2,1-4H3,(H,22,23)/t16-,17-,18-,19-,20-/m0/s1. The number of esters is 3. The molecule has 1 saturated heterocycles. The molecule has 1 aromatic carbocycles. The summed E-state index contributed by atoms with van der Waals surface area (Å²) in [6, 6.07) is 5.30. The summed E-state index contributed by atoms with van der Waals surface area (Å²) in [6.07, 6.45) is -4.58. The summed E-state index contributed by atoms with van der Waals surface area (Å²) < 4.78 is 27.5. The van der Waals surface area contributed by atoms with E-state index in [-0.39, 0.29) is 6.61 Å². The van der Waals surface area contributed by atoms with Gasteiger partial charge in [-0.1, -0.05) is 11.6 Å². The van der Waals surface area contributed by atoms with Crippen molar-refractivity contribution in [2.75, 3.05) is 6.61 Å². The van der Waals surface area contributed by atoms with E-state index in [1.165, 1.54) is 20.8 Å². The molecule has 170 valence electrons. The first-order chi connectivity index (χ1) is 14.6. The topological polar surface area (TPSA) is 126 Å². The summed E-state index contributed by atoms with van der Waals surface area (Å²) in [4.78, 5) is 46.7. The molecule has 0 aliphatic carbocycles. The minimum atomic E-state index is -1.18. The number of carbonyl (C=O) groups excluding carboxylic acids is 4. The first-order valence-corrected chi connectivity index (χ1v) is 9.77. The number of rotatable bonds is 7. The number of hydrogen-bond acceptors (Lipinski definition) is 9. The number of halogens is 1. The lowest BCUT2D eigenvalue weighted by Crippen LogP contribution is -2.67. The average molecular weight is 458 g/mol. The minimum Gasteiger partial charge on any atom is -0.463 e. The van der Waals surface area contributed by atoms with Crippen LogP contribution in [0.15, 0.2) is 24.3 Å². The van der Waals surface area contributed by atoms with Gasteiger partial charge in [0.25, 0.3) is 0 Å². The maximum Gasteiger partial charge on any atom is 0.303 e. The molecule has 0 saturated carbocycles. The fourth-order valence-electron chi connectivity index (χ4n) is 3.04. The Morgan fingerprint density at radius 2 is 1.52 bits per heavy atom. The normalized spacial score (nSPS) is 25.1. The maximum absolute atomic E-state index is 11.9. The van der Waals surface area contributed by atoms with E-state index >= 15 is 0 Å². The monoisotopic (exact) mass is 457 g/mol. The van der Waals surface area contributed by atoms with Gasteiger partial charge in [0.05, 0.1) is 0 Å². The van der Waals surface area contributed by atoms with Gasteiger partial charge in [0.15, 0.2) is 12.2 Å². The van der Waals surface area contributed by atoms with Gasteiger partial charge in [0.1, 0.15) is 24.5 Å². The average Bonchev–Trinajstić information content (AvgIpc) is 2.65. The first kappa shape index (κ1) is 24.4. The number of ether oxygens (including phenoxy) is 5. The molecule has 0 unspecified atom stereocenters. The quantitative estimate of drug-likeness (QED) is 0.477. The second kappa shape index (κ2) is 11.0. The van der Waals surface area contributed by atoms with Crippen LogP contribution in [0, 0.1) is 0 Å². The highest BCUT2D eigenvalue weighted by Gasteiger charge is 2.51. The van der Waals surface area contributed by atoms with Crippen molar-refractivity contribution >= 4 is 35.4 Å². The van der Waals surface area contributed by atoms with Crippen LogP contribution in [0.2, 0.25) is 5.02 Å². The molecule has 1 amide bonds. The Balaban J connectivity index is 2.43. The molecule has 0 radical (unpaired) electrons. The molecule has 1 aromatic rings. The summed E-state index contributed by atoms with van der Waals surface area (Å²) in [5, 5.41) is 3.10. The number of carbonyl (C=O) groups is 4. The van der Waals surface area contributed by atoms with E-state index in [1.807, 2.05) is 0 Å². The predicted molar refractivity (Wildman–Crippen MR) is 106 cm³/mol. The molecule has 11 heteroatoms. The van der Waals surface area contributed by atoms with Crippen molar-refractivity contribution in [1.82, 2.24) is 5.32 Å². The molecule has 10 nitrogen and oxygen atoms in total. The lowest BCUT2D eigenvalue weighted by Gasteiger charge is -2.44. The van der Waals surface area contributed by atoms with Crippen molar-refractivity contribution in [2.45, 2.75) is 58.3 Å². The van der Waals surface area contributed by atoms with E-state index in [2.05, 4.69) is 5.32 Å². The van der Waals surface area contributed by atoms with Crippen LogP contribution in [-0.2, 0) is 38.1 Å². The van der Waals surface area contributed by atoms with Crippen molar-refractivity contribution in [3.8, 4) is 5.75 Å². The van der Waals surface area contributed by atoms with Gasteiger partial charge < -0.3 is 29.0 Å². The largest absolute Gasteiger partial charge is 0.463 e. The summed E-state index contributed by atoms with van der Waals surface area (Å²) in [5.74, 6) is -2.07. The van der Waals surface area contributed by atoms with Crippen LogP contribution in [-0.4, -0.2) is 61.1 Å². The van der Waals surface area contributed by atoms with Gasteiger partial charge in [0.2, 0.25) is 12.2 Å². The molecule has 1 N–H and O–H groups in total. The molecule has 0 aromatic heterocycles. The molecule has 1 aliphatic heterocycles. The third kappa shape index (κ3) is 7.41. The Morgan fingerprint density at radius 1 is 0.935 bits per heavy atom. The molecule has 1 heterocycles. The van der Waals surface area contributed by atoms with Crippen molar-refractivity contribution in [1.29, 1.82) is 0 Å². The van der Waals surface area contributed by atoms with E-state index in [1.54, 1.807) is 24.3 Å². The highest BCUT2D eigenvalue weighted by atomic mass is 35.5. The lowest BCUT2D eigenvalue weighted by molar-refractivity contribution is -0.257. The summed E-state index contributed by atoms with van der Waals surface area (Å²) in [5.41, 5.74) is 0. The molecule has 1 fully saturated rings. The molecule has 1 aliphatic rings. The van der Waals surface area contributed by atoms with Crippen molar-refractivity contribution in [2.24, 2.45) is 0 Å². The van der Waals surface area contributed by atoms with Gasteiger partial charge >= 0.3 is 17.9 Å². The highest BCUT2D eigenvalue weighted by Crippen LogP contribution is 2.29. The van der Waals surface area contributed by atoms with E-state index in [4.69, 9.17) is 35.3 Å². The van der Waals surface area contributed by atoms with Crippen LogP contribution in [0.5, 0.6) is 5.75 Å². The number of hydrogen-bond donors (Lipinski definition) is 1. The van der Waals surface area contributed by atoms with Crippen molar-refractivity contribution in [3.63, 3.8) is 0 Å². The van der Waals surface area contributed by atoms with Crippen LogP contribution in [0.3, 0.4) is 0 Å². The van der Waals surface area contributed by atoms with Crippen molar-refractivity contribution in [3.05, 3.63) is 29.3 Å². The first-order valence-electron chi connectivity index (χ1n) is 9.39. The van der Waals surface area contributed by atoms with Gasteiger partial charge in [-0.2, -0.15) is 0 Å². The van der Waals surface area contributed by atoms with E-state index in [0.29, 0.717) is 10.8 Å². The van der Waals surface area contributed by atoms with Gasteiger partial charge in [-0.3, -0.25) is 19.2 Å². The zero-order valence-electron chi connectivity index (χ0n) is 17.5.